The number of rotatable bonds is 0. The Labute approximate surface area is 65.5 Å². The Balaban J connectivity index is 2.23. The molecule has 1 aliphatic carbocycles. The van der Waals surface area contributed by atoms with Gasteiger partial charge < -0.3 is 4.74 Å². The van der Waals surface area contributed by atoms with Gasteiger partial charge in [-0.25, -0.2) is 0 Å². The van der Waals surface area contributed by atoms with Gasteiger partial charge in [-0.2, -0.15) is 0 Å². The first kappa shape index (κ1) is 6.89. The van der Waals surface area contributed by atoms with Crippen molar-refractivity contribution in [3.8, 4) is 0 Å². The Bertz CT molecular complexity index is 204. The second kappa shape index (κ2) is 2.09. The van der Waals surface area contributed by atoms with Gasteiger partial charge in [-0.3, -0.25) is 9.59 Å². The van der Waals surface area contributed by atoms with E-state index in [1.807, 2.05) is 0 Å². The van der Waals surface area contributed by atoms with Crippen LogP contribution in [0, 0.1) is 11.8 Å². The predicted octanol–water partition coefficient (Wildman–Crippen LogP) is 0.0530. The second-order valence-corrected chi connectivity index (χ2v) is 3.18. The van der Waals surface area contributed by atoms with Crippen LogP contribution in [0.4, 0.5) is 0 Å². The van der Waals surface area contributed by atoms with Crippen LogP contribution in [0.25, 0.3) is 0 Å². The summed E-state index contributed by atoms with van der Waals surface area (Å²) in [5.74, 6) is -1.24. The van der Waals surface area contributed by atoms with Crippen molar-refractivity contribution in [1.82, 2.24) is 0 Å². The third-order valence-corrected chi connectivity index (χ3v) is 2.41. The number of ether oxygens (including phenoxy) is 1. The van der Waals surface area contributed by atoms with Crippen molar-refractivity contribution in [3.63, 3.8) is 0 Å². The van der Waals surface area contributed by atoms with Gasteiger partial charge in [0.15, 0.2) is 0 Å². The van der Waals surface area contributed by atoms with E-state index in [1.165, 1.54) is 0 Å². The molecule has 4 heteroatoms. The molecule has 1 aliphatic heterocycles. The lowest BCUT2D eigenvalue weighted by atomic mass is 9.85. The summed E-state index contributed by atoms with van der Waals surface area (Å²) in [6.07, 6.45) is 1.21. The molecular weight excluding hydrogens is 143 g/mol. The van der Waals surface area contributed by atoms with E-state index in [1.54, 1.807) is 0 Å². The Morgan fingerprint density at radius 2 is 1.64 bits per heavy atom. The zero-order valence-corrected chi connectivity index (χ0v) is 5.95. The molecule has 0 aromatic heterocycles. The minimum Gasteiger partial charge on any atom is -0.393 e. The number of hydrogen-bond donors (Lipinski definition) is 0. The van der Waals surface area contributed by atoms with Crippen LogP contribution in [0.3, 0.4) is 0 Å². The number of fused-ring (bicyclic) bond motifs is 1. The number of cyclic esters (lactones) is 2. The van der Waals surface area contributed by atoms with E-state index in [2.05, 4.69) is 4.74 Å². The molecule has 3 nitrogen and oxygen atoms in total. The van der Waals surface area contributed by atoms with Gasteiger partial charge in [0.2, 0.25) is 0 Å². The van der Waals surface area contributed by atoms with Crippen LogP contribution in [0.5, 0.6) is 0 Å². The first-order valence-corrected chi connectivity index (χ1v) is 3.69. The maximum atomic E-state index is 10.9. The molecule has 0 spiro atoms. The number of carbonyl (C=O) groups is 2. The molecular formula is C7H7BO3. The van der Waals surface area contributed by atoms with Crippen molar-refractivity contribution in [2.75, 3.05) is 0 Å². The molecule has 0 bridgehead atoms. The van der Waals surface area contributed by atoms with E-state index in [4.69, 9.17) is 7.85 Å². The molecule has 2 unspecified atom stereocenters. The van der Waals surface area contributed by atoms with Crippen molar-refractivity contribution in [3.05, 3.63) is 0 Å². The average molecular weight is 150 g/mol. The van der Waals surface area contributed by atoms with Gasteiger partial charge in [-0.05, 0) is 12.8 Å². The Morgan fingerprint density at radius 3 is 2.09 bits per heavy atom. The van der Waals surface area contributed by atoms with E-state index in [9.17, 15) is 9.59 Å². The smallest absolute Gasteiger partial charge is 0.317 e. The van der Waals surface area contributed by atoms with E-state index >= 15 is 0 Å². The third-order valence-electron chi connectivity index (χ3n) is 2.41. The predicted molar refractivity (Wildman–Crippen MR) is 36.8 cm³/mol. The molecule has 0 N–H and O–H groups in total. The van der Waals surface area contributed by atoms with Crippen LogP contribution in [0.15, 0.2) is 0 Å². The lowest BCUT2D eigenvalue weighted by Gasteiger charge is -2.00. The summed E-state index contributed by atoms with van der Waals surface area (Å²) < 4.78 is 4.44. The third kappa shape index (κ3) is 0.887. The molecule has 1 saturated heterocycles. The minimum atomic E-state index is -0.382. The fraction of sp³-hybridized carbons (Fsp3) is 0.714. The topological polar surface area (TPSA) is 43.4 Å². The van der Waals surface area contributed by atoms with Crippen molar-refractivity contribution >= 4 is 19.8 Å². The lowest BCUT2D eigenvalue weighted by molar-refractivity contribution is -0.154. The molecule has 56 valence electrons. The SMILES string of the molecule is [B]C1CC2C(=O)OC(=O)C2C1. The molecule has 0 aromatic rings. The largest absolute Gasteiger partial charge is 0.393 e. The fourth-order valence-corrected chi connectivity index (χ4v) is 1.85. The maximum absolute atomic E-state index is 10.9. The zero-order chi connectivity index (χ0) is 8.01. The summed E-state index contributed by atoms with van der Waals surface area (Å²) in [5.41, 5.74) is 0. The highest BCUT2D eigenvalue weighted by molar-refractivity contribution is 6.13. The van der Waals surface area contributed by atoms with E-state index in [0.29, 0.717) is 12.8 Å². The van der Waals surface area contributed by atoms with Crippen molar-refractivity contribution in [2.45, 2.75) is 18.7 Å². The lowest BCUT2D eigenvalue weighted by Crippen LogP contribution is -2.09. The average Bonchev–Trinajstić information content (AvgIpc) is 2.38. The summed E-state index contributed by atoms with van der Waals surface area (Å²) in [5, 5.41) is 0. The molecule has 1 heterocycles. The van der Waals surface area contributed by atoms with E-state index in [0.717, 1.165) is 0 Å². The molecule has 11 heavy (non-hydrogen) atoms. The van der Waals surface area contributed by atoms with Crippen LogP contribution in [0.2, 0.25) is 5.82 Å². The Kier molecular flexibility index (Phi) is 1.31. The number of hydrogen-bond acceptors (Lipinski definition) is 3. The molecule has 0 aromatic carbocycles. The molecule has 2 radical (unpaired) electrons. The van der Waals surface area contributed by atoms with Gasteiger partial charge in [-0.15, -0.1) is 0 Å². The van der Waals surface area contributed by atoms with Crippen molar-refractivity contribution in [2.24, 2.45) is 11.8 Å². The van der Waals surface area contributed by atoms with Gasteiger partial charge in [0.1, 0.15) is 0 Å². The van der Waals surface area contributed by atoms with Crippen LogP contribution < -0.4 is 0 Å². The second-order valence-electron chi connectivity index (χ2n) is 3.18. The molecule has 2 atom stereocenters. The highest BCUT2D eigenvalue weighted by Gasteiger charge is 2.48. The quantitative estimate of drug-likeness (QED) is 0.278. The zero-order valence-electron chi connectivity index (χ0n) is 5.95. The first-order chi connectivity index (χ1) is 5.18. The van der Waals surface area contributed by atoms with Crippen LogP contribution in [0.1, 0.15) is 12.8 Å². The van der Waals surface area contributed by atoms with Gasteiger partial charge in [0.25, 0.3) is 0 Å². The minimum absolute atomic E-state index is 0.00167. The van der Waals surface area contributed by atoms with Gasteiger partial charge in [-0.1, -0.05) is 5.82 Å². The standard InChI is InChI=1S/C7H7BO3/c8-3-1-4-5(2-3)7(10)11-6(4)9/h3-5H,1-2H2. The number of carbonyl (C=O) groups excluding carboxylic acids is 2. The Morgan fingerprint density at radius 1 is 1.18 bits per heavy atom. The first-order valence-electron chi connectivity index (χ1n) is 3.69. The maximum Gasteiger partial charge on any atom is 0.317 e. The summed E-state index contributed by atoms with van der Waals surface area (Å²) in [6, 6.07) is 0. The van der Waals surface area contributed by atoms with Crippen LogP contribution in [-0.2, 0) is 14.3 Å². The highest BCUT2D eigenvalue weighted by Crippen LogP contribution is 2.43. The molecule has 2 fully saturated rings. The summed E-state index contributed by atoms with van der Waals surface area (Å²) in [7, 11) is 5.59. The van der Waals surface area contributed by atoms with Crippen LogP contribution in [-0.4, -0.2) is 19.8 Å². The van der Waals surface area contributed by atoms with Gasteiger partial charge in [0.05, 0.1) is 19.7 Å². The number of esters is 2. The summed E-state index contributed by atoms with van der Waals surface area (Å²) >= 11 is 0. The van der Waals surface area contributed by atoms with Gasteiger partial charge in [0, 0.05) is 0 Å². The van der Waals surface area contributed by atoms with Crippen molar-refractivity contribution in [1.29, 1.82) is 0 Å². The normalized spacial score (nSPS) is 42.4. The Hall–Kier alpha value is -0.795. The van der Waals surface area contributed by atoms with Crippen LogP contribution >= 0.6 is 0 Å². The fourth-order valence-electron chi connectivity index (χ4n) is 1.85. The van der Waals surface area contributed by atoms with Gasteiger partial charge >= 0.3 is 11.9 Å². The highest BCUT2D eigenvalue weighted by atomic mass is 16.6. The van der Waals surface area contributed by atoms with Crippen molar-refractivity contribution < 1.29 is 14.3 Å². The molecule has 2 aliphatic rings. The monoisotopic (exact) mass is 150 g/mol. The summed E-state index contributed by atoms with van der Waals surface area (Å²) in [4.78, 5) is 21.8. The molecule has 1 saturated carbocycles. The van der Waals surface area contributed by atoms with E-state index < -0.39 is 0 Å². The molecule has 0 amide bonds. The summed E-state index contributed by atoms with van der Waals surface area (Å²) in [6.45, 7) is 0. The molecule has 2 rings (SSSR count). The van der Waals surface area contributed by atoms with E-state index in [-0.39, 0.29) is 29.6 Å².